The number of carbonyl (C=O) groups excluding carboxylic acids is 1. The minimum atomic E-state index is 0.159. The molecule has 3 heteroatoms. The Labute approximate surface area is 75.1 Å². The summed E-state index contributed by atoms with van der Waals surface area (Å²) in [5.74, 6) is 0.159. The molecule has 12 heavy (non-hydrogen) atoms. The summed E-state index contributed by atoms with van der Waals surface area (Å²) < 4.78 is 0. The van der Waals surface area contributed by atoms with Crippen LogP contribution < -0.4 is 5.32 Å². The lowest BCUT2D eigenvalue weighted by Crippen LogP contribution is -2.30. The Morgan fingerprint density at radius 3 is 2.42 bits per heavy atom. The van der Waals surface area contributed by atoms with Gasteiger partial charge in [-0.1, -0.05) is 0 Å². The Hall–Kier alpha value is -0.570. The molecule has 0 aliphatic heterocycles. The van der Waals surface area contributed by atoms with Gasteiger partial charge in [0, 0.05) is 12.5 Å². The fraction of sp³-hybridized carbons (Fsp3) is 0.889. The minimum absolute atomic E-state index is 0.159. The summed E-state index contributed by atoms with van der Waals surface area (Å²) in [5, 5.41) is 2.86. The number of rotatable bonds is 5. The molecule has 0 saturated carbocycles. The highest BCUT2D eigenvalue weighted by atomic mass is 16.1. The summed E-state index contributed by atoms with van der Waals surface area (Å²) in [6, 6.07) is 0.261. The standard InChI is InChI=1S/C9H20N2O/c1-8(2)10-9(12)6-5-7-11(3)4/h8H,5-7H2,1-4H3,(H,10,12). The fourth-order valence-corrected chi connectivity index (χ4v) is 0.950. The van der Waals surface area contributed by atoms with Crippen LogP contribution in [0.3, 0.4) is 0 Å². The topological polar surface area (TPSA) is 32.3 Å². The van der Waals surface area contributed by atoms with Crippen molar-refractivity contribution in [3.8, 4) is 0 Å². The van der Waals surface area contributed by atoms with Crippen molar-refractivity contribution in [3.05, 3.63) is 0 Å². The molecule has 0 unspecified atom stereocenters. The molecule has 0 atom stereocenters. The lowest BCUT2D eigenvalue weighted by Gasteiger charge is -2.10. The van der Waals surface area contributed by atoms with Crippen LogP contribution in [0.5, 0.6) is 0 Å². The van der Waals surface area contributed by atoms with E-state index in [1.54, 1.807) is 0 Å². The zero-order valence-electron chi connectivity index (χ0n) is 8.55. The van der Waals surface area contributed by atoms with Gasteiger partial charge in [0.05, 0.1) is 0 Å². The third-order valence-electron chi connectivity index (χ3n) is 1.46. The molecule has 0 spiro atoms. The highest BCUT2D eigenvalue weighted by Crippen LogP contribution is 1.91. The molecule has 0 aromatic carbocycles. The summed E-state index contributed by atoms with van der Waals surface area (Å²) in [6.45, 7) is 4.93. The summed E-state index contributed by atoms with van der Waals surface area (Å²) >= 11 is 0. The Bertz CT molecular complexity index is 132. The van der Waals surface area contributed by atoms with Gasteiger partial charge in [-0.2, -0.15) is 0 Å². The lowest BCUT2D eigenvalue weighted by atomic mass is 10.2. The molecule has 0 heterocycles. The van der Waals surface area contributed by atoms with E-state index in [0.29, 0.717) is 6.42 Å². The number of hydrogen-bond donors (Lipinski definition) is 1. The van der Waals surface area contributed by atoms with E-state index < -0.39 is 0 Å². The van der Waals surface area contributed by atoms with E-state index in [4.69, 9.17) is 0 Å². The van der Waals surface area contributed by atoms with Gasteiger partial charge in [0.2, 0.25) is 5.91 Å². The Kier molecular flexibility index (Phi) is 5.72. The molecule has 0 aliphatic rings. The van der Waals surface area contributed by atoms with Crippen molar-refractivity contribution in [1.29, 1.82) is 0 Å². The van der Waals surface area contributed by atoms with Gasteiger partial charge in [-0.15, -0.1) is 0 Å². The van der Waals surface area contributed by atoms with Gasteiger partial charge in [0.1, 0.15) is 0 Å². The number of nitrogens with zero attached hydrogens (tertiary/aromatic N) is 1. The largest absolute Gasteiger partial charge is 0.354 e. The third kappa shape index (κ3) is 7.54. The van der Waals surface area contributed by atoms with Gasteiger partial charge in [-0.05, 0) is 40.9 Å². The second kappa shape index (κ2) is 6.00. The molecule has 3 nitrogen and oxygen atoms in total. The average Bonchev–Trinajstić information content (AvgIpc) is 1.84. The molecule has 0 fully saturated rings. The van der Waals surface area contributed by atoms with Gasteiger partial charge >= 0.3 is 0 Å². The molecular weight excluding hydrogens is 152 g/mol. The SMILES string of the molecule is CC(C)NC(=O)CCCN(C)C. The van der Waals surface area contributed by atoms with Crippen LogP contribution in [0.1, 0.15) is 26.7 Å². The molecule has 0 aromatic rings. The minimum Gasteiger partial charge on any atom is -0.354 e. The predicted octanol–water partition coefficient (Wildman–Crippen LogP) is 0.853. The maximum atomic E-state index is 11.1. The van der Waals surface area contributed by atoms with Crippen molar-refractivity contribution >= 4 is 5.91 Å². The summed E-state index contributed by atoms with van der Waals surface area (Å²) in [6.07, 6.45) is 1.57. The fourth-order valence-electron chi connectivity index (χ4n) is 0.950. The van der Waals surface area contributed by atoms with Crippen molar-refractivity contribution < 1.29 is 4.79 Å². The summed E-state index contributed by atoms with van der Waals surface area (Å²) in [4.78, 5) is 13.2. The first-order valence-corrected chi connectivity index (χ1v) is 4.46. The quantitative estimate of drug-likeness (QED) is 0.667. The molecule has 72 valence electrons. The molecule has 1 N–H and O–H groups in total. The van der Waals surface area contributed by atoms with E-state index >= 15 is 0 Å². The molecular formula is C9H20N2O. The van der Waals surface area contributed by atoms with Gasteiger partial charge in [0.25, 0.3) is 0 Å². The van der Waals surface area contributed by atoms with Gasteiger partial charge in [-0.25, -0.2) is 0 Å². The Morgan fingerprint density at radius 2 is 2.00 bits per heavy atom. The van der Waals surface area contributed by atoms with Crippen molar-refractivity contribution in [1.82, 2.24) is 10.2 Å². The average molecular weight is 172 g/mol. The van der Waals surface area contributed by atoms with E-state index in [0.717, 1.165) is 13.0 Å². The van der Waals surface area contributed by atoms with Gasteiger partial charge < -0.3 is 10.2 Å². The molecule has 0 bridgehead atoms. The van der Waals surface area contributed by atoms with Gasteiger partial charge in [0.15, 0.2) is 0 Å². The second-order valence-electron chi connectivity index (χ2n) is 3.63. The first-order valence-electron chi connectivity index (χ1n) is 4.46. The number of nitrogens with one attached hydrogen (secondary N) is 1. The zero-order valence-corrected chi connectivity index (χ0v) is 8.55. The van der Waals surface area contributed by atoms with Crippen LogP contribution in [0.2, 0.25) is 0 Å². The highest BCUT2D eigenvalue weighted by Gasteiger charge is 2.02. The van der Waals surface area contributed by atoms with E-state index in [9.17, 15) is 4.79 Å². The maximum Gasteiger partial charge on any atom is 0.220 e. The van der Waals surface area contributed by atoms with Crippen LogP contribution in [0, 0.1) is 0 Å². The molecule has 0 saturated heterocycles. The lowest BCUT2D eigenvalue weighted by molar-refractivity contribution is -0.121. The van der Waals surface area contributed by atoms with Crippen molar-refractivity contribution in [2.75, 3.05) is 20.6 Å². The number of carbonyl (C=O) groups is 1. The molecule has 1 amide bonds. The summed E-state index contributed by atoms with van der Waals surface area (Å²) in [7, 11) is 4.03. The van der Waals surface area contributed by atoms with E-state index in [2.05, 4.69) is 10.2 Å². The Morgan fingerprint density at radius 1 is 1.42 bits per heavy atom. The smallest absolute Gasteiger partial charge is 0.220 e. The van der Waals surface area contributed by atoms with Crippen LogP contribution in [-0.2, 0) is 4.79 Å². The van der Waals surface area contributed by atoms with Crippen LogP contribution in [0.15, 0.2) is 0 Å². The highest BCUT2D eigenvalue weighted by molar-refractivity contribution is 5.76. The predicted molar refractivity (Wildman–Crippen MR) is 51.1 cm³/mol. The number of amides is 1. The van der Waals surface area contributed by atoms with Crippen LogP contribution in [0.4, 0.5) is 0 Å². The van der Waals surface area contributed by atoms with E-state index in [1.807, 2.05) is 27.9 Å². The number of hydrogen-bond acceptors (Lipinski definition) is 2. The van der Waals surface area contributed by atoms with Crippen LogP contribution in [0.25, 0.3) is 0 Å². The first kappa shape index (κ1) is 11.4. The normalized spacial score (nSPS) is 10.8. The van der Waals surface area contributed by atoms with Crippen molar-refractivity contribution in [2.45, 2.75) is 32.7 Å². The van der Waals surface area contributed by atoms with Gasteiger partial charge in [-0.3, -0.25) is 4.79 Å². The Balaban J connectivity index is 3.32. The molecule has 0 aromatic heterocycles. The molecule has 0 rings (SSSR count). The molecule has 0 aliphatic carbocycles. The zero-order chi connectivity index (χ0) is 9.56. The first-order chi connectivity index (χ1) is 5.52. The van der Waals surface area contributed by atoms with E-state index in [-0.39, 0.29) is 11.9 Å². The van der Waals surface area contributed by atoms with Crippen molar-refractivity contribution in [3.63, 3.8) is 0 Å². The molecule has 0 radical (unpaired) electrons. The van der Waals surface area contributed by atoms with Crippen LogP contribution in [-0.4, -0.2) is 37.5 Å². The van der Waals surface area contributed by atoms with Crippen LogP contribution >= 0.6 is 0 Å². The van der Waals surface area contributed by atoms with E-state index in [1.165, 1.54) is 0 Å². The maximum absolute atomic E-state index is 11.1. The second-order valence-corrected chi connectivity index (χ2v) is 3.63. The monoisotopic (exact) mass is 172 g/mol. The third-order valence-corrected chi connectivity index (χ3v) is 1.46. The van der Waals surface area contributed by atoms with Crippen molar-refractivity contribution in [2.24, 2.45) is 0 Å². The summed E-state index contributed by atoms with van der Waals surface area (Å²) in [5.41, 5.74) is 0.